The molecular formula is C27H43NO3. The highest BCUT2D eigenvalue weighted by Gasteiger charge is 2.64. The third-order valence-corrected chi connectivity index (χ3v) is 11.8. The molecule has 2 N–H and O–H groups in total. The summed E-state index contributed by atoms with van der Waals surface area (Å²) in [5, 5.41) is 22.1. The van der Waals surface area contributed by atoms with E-state index in [9.17, 15) is 15.0 Å². The van der Waals surface area contributed by atoms with E-state index in [2.05, 4.69) is 25.7 Å². The van der Waals surface area contributed by atoms with E-state index in [1.54, 1.807) is 0 Å². The molecule has 0 aromatic heterocycles. The molecule has 2 aliphatic heterocycles. The lowest BCUT2D eigenvalue weighted by Crippen LogP contribution is -2.67. The normalized spacial score (nSPS) is 59.2. The maximum absolute atomic E-state index is 13.2. The van der Waals surface area contributed by atoms with Crippen molar-refractivity contribution in [2.75, 3.05) is 13.1 Å². The van der Waals surface area contributed by atoms with Gasteiger partial charge in [0.05, 0.1) is 11.7 Å². The Labute approximate surface area is 188 Å². The number of carbonyl (C=O) groups is 1. The Morgan fingerprint density at radius 1 is 0.903 bits per heavy atom. The van der Waals surface area contributed by atoms with Crippen LogP contribution in [0.25, 0.3) is 0 Å². The van der Waals surface area contributed by atoms with Crippen LogP contribution in [0.2, 0.25) is 0 Å². The molecule has 4 nitrogen and oxygen atoms in total. The Morgan fingerprint density at radius 2 is 1.71 bits per heavy atom. The van der Waals surface area contributed by atoms with Gasteiger partial charge in [-0.25, -0.2) is 0 Å². The lowest BCUT2D eigenvalue weighted by atomic mass is 9.51. The van der Waals surface area contributed by atoms with Crippen LogP contribution in [-0.2, 0) is 4.79 Å². The minimum Gasteiger partial charge on any atom is -0.393 e. The molecule has 0 aromatic carbocycles. The summed E-state index contributed by atoms with van der Waals surface area (Å²) < 4.78 is 0. The molecule has 174 valence electrons. The molecule has 6 rings (SSSR count). The summed E-state index contributed by atoms with van der Waals surface area (Å²) >= 11 is 0. The van der Waals surface area contributed by atoms with Crippen LogP contribution in [0.3, 0.4) is 0 Å². The van der Waals surface area contributed by atoms with E-state index in [-0.39, 0.29) is 17.4 Å². The fourth-order valence-corrected chi connectivity index (χ4v) is 10.4. The number of rotatable bonds is 0. The van der Waals surface area contributed by atoms with E-state index in [1.165, 1.54) is 25.8 Å². The molecule has 2 heterocycles. The van der Waals surface area contributed by atoms with Gasteiger partial charge in [-0.3, -0.25) is 9.69 Å². The number of aliphatic hydroxyl groups excluding tert-OH is 1. The van der Waals surface area contributed by atoms with Crippen molar-refractivity contribution < 1.29 is 15.0 Å². The highest BCUT2D eigenvalue weighted by molar-refractivity contribution is 5.83. The Morgan fingerprint density at radius 3 is 2.52 bits per heavy atom. The van der Waals surface area contributed by atoms with Crippen LogP contribution in [-0.4, -0.2) is 51.7 Å². The van der Waals surface area contributed by atoms with E-state index in [1.807, 2.05) is 0 Å². The van der Waals surface area contributed by atoms with E-state index in [4.69, 9.17) is 0 Å². The number of hydrogen-bond acceptors (Lipinski definition) is 4. The van der Waals surface area contributed by atoms with Gasteiger partial charge in [-0.2, -0.15) is 0 Å². The van der Waals surface area contributed by atoms with Gasteiger partial charge >= 0.3 is 0 Å². The van der Waals surface area contributed by atoms with Crippen LogP contribution in [0, 0.1) is 52.8 Å². The highest BCUT2D eigenvalue weighted by Crippen LogP contribution is 2.66. The number of ketones is 1. The summed E-state index contributed by atoms with van der Waals surface area (Å²) in [5.41, 5.74) is -0.482. The third kappa shape index (κ3) is 2.93. The molecule has 4 heteroatoms. The number of nitrogens with zero attached hydrogens (tertiary/aromatic N) is 1. The lowest BCUT2D eigenvalue weighted by Gasteiger charge is -2.59. The van der Waals surface area contributed by atoms with Gasteiger partial charge in [-0.15, -0.1) is 0 Å². The maximum atomic E-state index is 13.2. The smallest absolute Gasteiger partial charge is 0.136 e. The molecule has 0 unspecified atom stereocenters. The predicted molar refractivity (Wildman–Crippen MR) is 120 cm³/mol. The first-order valence-electron chi connectivity index (χ1n) is 13.4. The molecule has 0 radical (unpaired) electrons. The van der Waals surface area contributed by atoms with Gasteiger partial charge < -0.3 is 10.2 Å². The van der Waals surface area contributed by atoms with Gasteiger partial charge in [0.2, 0.25) is 0 Å². The quantitative estimate of drug-likeness (QED) is 0.613. The Hall–Kier alpha value is -0.450. The molecule has 31 heavy (non-hydrogen) atoms. The zero-order valence-corrected chi connectivity index (χ0v) is 19.8. The van der Waals surface area contributed by atoms with E-state index < -0.39 is 5.60 Å². The fourth-order valence-electron chi connectivity index (χ4n) is 10.4. The predicted octanol–water partition coefficient (Wildman–Crippen LogP) is 3.89. The number of fused-ring (bicyclic) bond motifs is 8. The van der Waals surface area contributed by atoms with Gasteiger partial charge in [0, 0.05) is 31.5 Å². The Balaban J connectivity index is 1.31. The number of piperidine rings is 2. The third-order valence-electron chi connectivity index (χ3n) is 11.8. The summed E-state index contributed by atoms with van der Waals surface area (Å²) in [6.07, 6.45) is 9.08. The molecule has 6 fully saturated rings. The summed E-state index contributed by atoms with van der Waals surface area (Å²) in [6, 6.07) is 0.341. The van der Waals surface area contributed by atoms with Crippen LogP contribution in [0.5, 0.6) is 0 Å². The van der Waals surface area contributed by atoms with Crippen molar-refractivity contribution in [2.24, 2.45) is 52.8 Å². The minimum absolute atomic E-state index is 0.0789. The largest absolute Gasteiger partial charge is 0.393 e. The van der Waals surface area contributed by atoms with E-state index in [0.717, 1.165) is 44.6 Å². The average molecular weight is 430 g/mol. The molecule has 2 saturated heterocycles. The molecular weight excluding hydrogens is 386 g/mol. The monoisotopic (exact) mass is 429 g/mol. The van der Waals surface area contributed by atoms with Gasteiger partial charge in [-0.05, 0) is 105 Å². The average Bonchev–Trinajstić information content (AvgIpc) is 3.09. The van der Waals surface area contributed by atoms with Gasteiger partial charge in [0.25, 0.3) is 0 Å². The summed E-state index contributed by atoms with van der Waals surface area (Å²) in [7, 11) is 0. The zero-order chi connectivity index (χ0) is 21.7. The highest BCUT2D eigenvalue weighted by atomic mass is 16.3. The van der Waals surface area contributed by atoms with Crippen molar-refractivity contribution in [1.82, 2.24) is 4.90 Å². The van der Waals surface area contributed by atoms with Crippen molar-refractivity contribution in [3.8, 4) is 0 Å². The molecule has 6 aliphatic rings. The van der Waals surface area contributed by atoms with Crippen molar-refractivity contribution in [2.45, 2.75) is 96.3 Å². The van der Waals surface area contributed by atoms with E-state index >= 15 is 0 Å². The second-order valence-corrected chi connectivity index (χ2v) is 13.2. The van der Waals surface area contributed by atoms with Gasteiger partial charge in [-0.1, -0.05) is 13.8 Å². The van der Waals surface area contributed by atoms with Gasteiger partial charge in [0.1, 0.15) is 5.78 Å². The SMILES string of the molecule is C[C@H]1CC[C@@H]2N(C1)C[C@H]1[C@@H]3C[C@H]4[C@@H](CC(=O)[C@H]5C[C@@H](O)CC[C@@]54C)[C@H]3CC[C@@H]1[C@@]2(C)O. The lowest BCUT2D eigenvalue weighted by molar-refractivity contribution is -0.175. The number of hydrogen-bond donors (Lipinski definition) is 2. The molecule has 4 aliphatic carbocycles. The van der Waals surface area contributed by atoms with Crippen molar-refractivity contribution >= 4 is 5.78 Å². The number of Topliss-reactive ketones (excluding diaryl/α,β-unsaturated/α-hetero) is 1. The fraction of sp³-hybridized carbons (Fsp3) is 0.963. The van der Waals surface area contributed by atoms with Crippen molar-refractivity contribution in [1.29, 1.82) is 0 Å². The zero-order valence-electron chi connectivity index (χ0n) is 19.8. The van der Waals surface area contributed by atoms with E-state index in [0.29, 0.717) is 53.8 Å². The van der Waals surface area contributed by atoms with Crippen molar-refractivity contribution in [3.05, 3.63) is 0 Å². The molecule has 12 atom stereocenters. The first-order chi connectivity index (χ1) is 14.7. The Kier molecular flexibility index (Phi) is 4.78. The van der Waals surface area contributed by atoms with Crippen LogP contribution in [0.1, 0.15) is 78.6 Å². The first kappa shape index (κ1) is 21.1. The second kappa shape index (κ2) is 7.03. The summed E-state index contributed by atoms with van der Waals surface area (Å²) in [6.45, 7) is 9.23. The van der Waals surface area contributed by atoms with Crippen LogP contribution >= 0.6 is 0 Å². The molecule has 0 bridgehead atoms. The Bertz CT molecular complexity index is 751. The number of carbonyl (C=O) groups excluding carboxylic acids is 1. The molecule has 4 saturated carbocycles. The topological polar surface area (TPSA) is 60.8 Å². The maximum Gasteiger partial charge on any atom is 0.136 e. The van der Waals surface area contributed by atoms with Crippen LogP contribution in [0.4, 0.5) is 0 Å². The standard InChI is InChI=1S/C27H43NO3/c1-15-4-7-25-27(3,31)21-6-5-17-18(20(21)14-28(25)13-15)11-22-19(17)12-24(30)23-10-16(29)8-9-26(22,23)2/h15-23,25,29,31H,4-14H2,1-3H3/t15-,16-,17-,18+,19-,20-,21-,22-,23+,25-,26+,27+/m0/s1. The van der Waals surface area contributed by atoms with Crippen molar-refractivity contribution in [3.63, 3.8) is 0 Å². The second-order valence-electron chi connectivity index (χ2n) is 13.2. The molecule has 0 aromatic rings. The number of aliphatic hydroxyl groups is 2. The first-order valence-corrected chi connectivity index (χ1v) is 13.4. The van der Waals surface area contributed by atoms with Crippen LogP contribution < -0.4 is 0 Å². The van der Waals surface area contributed by atoms with Crippen LogP contribution in [0.15, 0.2) is 0 Å². The minimum atomic E-state index is -0.570. The summed E-state index contributed by atoms with van der Waals surface area (Å²) in [5.74, 6) is 4.82. The molecule has 0 amide bonds. The molecule has 0 spiro atoms. The summed E-state index contributed by atoms with van der Waals surface area (Å²) in [4.78, 5) is 15.9. The van der Waals surface area contributed by atoms with Gasteiger partial charge in [0.15, 0.2) is 0 Å².